The lowest BCUT2D eigenvalue weighted by atomic mass is 10.2. The van der Waals surface area contributed by atoms with Gasteiger partial charge in [-0.2, -0.15) is 0 Å². The molecule has 0 aliphatic heterocycles. The van der Waals surface area contributed by atoms with Crippen LogP contribution in [0.5, 0.6) is 0 Å². The monoisotopic (exact) mass is 256 g/mol. The third kappa shape index (κ3) is 4.23. The number of benzene rings is 1. The fourth-order valence-corrected chi connectivity index (χ4v) is 1.84. The van der Waals surface area contributed by atoms with Crippen molar-refractivity contribution >= 4 is 23.0 Å². The Morgan fingerprint density at radius 2 is 1.94 bits per heavy atom. The molecule has 0 N–H and O–H groups in total. The summed E-state index contributed by atoms with van der Waals surface area (Å²) < 4.78 is 0. The van der Waals surface area contributed by atoms with Crippen molar-refractivity contribution in [1.82, 2.24) is 0 Å². The molecule has 0 spiro atoms. The van der Waals surface area contributed by atoms with Gasteiger partial charge in [0.25, 0.3) is 5.69 Å². The summed E-state index contributed by atoms with van der Waals surface area (Å²) in [6.07, 6.45) is 2.03. The Kier molecular flexibility index (Phi) is 5.77. The van der Waals surface area contributed by atoms with Gasteiger partial charge in [0.05, 0.1) is 4.92 Å². The van der Waals surface area contributed by atoms with Gasteiger partial charge in [0.1, 0.15) is 0 Å². The van der Waals surface area contributed by atoms with Gasteiger partial charge in [0.2, 0.25) is 0 Å². The molecule has 0 atom stereocenters. The fourth-order valence-electron chi connectivity index (χ4n) is 1.65. The van der Waals surface area contributed by atoms with E-state index in [-0.39, 0.29) is 10.6 Å². The number of hydrogen-bond acceptors (Lipinski definition) is 3. The van der Waals surface area contributed by atoms with E-state index in [2.05, 4.69) is 11.8 Å². The predicted molar refractivity (Wildman–Crippen MR) is 70.9 cm³/mol. The van der Waals surface area contributed by atoms with Crippen LogP contribution in [0.3, 0.4) is 0 Å². The molecule has 0 unspecified atom stereocenters. The summed E-state index contributed by atoms with van der Waals surface area (Å²) in [6.45, 7) is 3.89. The number of unbranched alkanes of at least 4 members (excludes halogenated alkanes) is 1. The summed E-state index contributed by atoms with van der Waals surface area (Å²) in [7, 11) is 0. The van der Waals surface area contributed by atoms with Crippen LogP contribution in [0.2, 0.25) is 0 Å². The van der Waals surface area contributed by atoms with Crippen molar-refractivity contribution in [2.24, 2.45) is 0 Å². The molecule has 1 aromatic rings. The van der Waals surface area contributed by atoms with E-state index in [1.165, 1.54) is 0 Å². The highest BCUT2D eigenvalue weighted by atomic mass is 35.5. The minimum atomic E-state index is -0.381. The average molecular weight is 257 g/mol. The van der Waals surface area contributed by atoms with Crippen molar-refractivity contribution in [2.45, 2.75) is 19.8 Å². The number of nitro groups is 1. The molecule has 0 saturated heterocycles. The standard InChI is InChI=1S/C12H17ClN2O2/c1-2-14(10-4-3-9-13)11-5-7-12(8-6-11)15(16)17/h5-8H,2-4,9-10H2,1H3. The fraction of sp³-hybridized carbons (Fsp3) is 0.500. The van der Waals surface area contributed by atoms with Gasteiger partial charge >= 0.3 is 0 Å². The van der Waals surface area contributed by atoms with Gasteiger partial charge in [-0.1, -0.05) is 0 Å². The van der Waals surface area contributed by atoms with Crippen molar-refractivity contribution in [3.05, 3.63) is 34.4 Å². The van der Waals surface area contributed by atoms with E-state index in [1.807, 2.05) is 0 Å². The molecule has 0 heterocycles. The average Bonchev–Trinajstić information content (AvgIpc) is 2.35. The second-order valence-electron chi connectivity index (χ2n) is 3.75. The van der Waals surface area contributed by atoms with E-state index >= 15 is 0 Å². The Hall–Kier alpha value is -1.29. The molecule has 5 heteroatoms. The Labute approximate surface area is 106 Å². The minimum absolute atomic E-state index is 0.130. The van der Waals surface area contributed by atoms with Gasteiger partial charge in [-0.05, 0) is 31.9 Å². The molecule has 0 aromatic heterocycles. The topological polar surface area (TPSA) is 46.4 Å². The lowest BCUT2D eigenvalue weighted by molar-refractivity contribution is -0.384. The number of nitro benzene ring substituents is 1. The van der Waals surface area contributed by atoms with Crippen molar-refractivity contribution in [3.63, 3.8) is 0 Å². The zero-order chi connectivity index (χ0) is 12.7. The number of halogens is 1. The van der Waals surface area contributed by atoms with Crippen LogP contribution in [-0.2, 0) is 0 Å². The number of non-ortho nitro benzene ring substituents is 1. The number of rotatable bonds is 7. The largest absolute Gasteiger partial charge is 0.372 e. The van der Waals surface area contributed by atoms with Gasteiger partial charge in [0.15, 0.2) is 0 Å². The summed E-state index contributed by atoms with van der Waals surface area (Å²) in [4.78, 5) is 12.3. The molecule has 0 fully saturated rings. The van der Waals surface area contributed by atoms with Crippen LogP contribution in [0.25, 0.3) is 0 Å². The van der Waals surface area contributed by atoms with Crippen LogP contribution in [0, 0.1) is 10.1 Å². The summed E-state index contributed by atoms with van der Waals surface area (Å²) in [5, 5.41) is 10.5. The molecule has 4 nitrogen and oxygen atoms in total. The minimum Gasteiger partial charge on any atom is -0.372 e. The first-order chi connectivity index (χ1) is 8.19. The molecule has 94 valence electrons. The lowest BCUT2D eigenvalue weighted by Crippen LogP contribution is -2.23. The first-order valence-corrected chi connectivity index (χ1v) is 6.28. The van der Waals surface area contributed by atoms with E-state index in [0.29, 0.717) is 5.88 Å². The van der Waals surface area contributed by atoms with E-state index in [1.54, 1.807) is 24.3 Å². The van der Waals surface area contributed by atoms with Crippen LogP contribution in [-0.4, -0.2) is 23.9 Å². The van der Waals surface area contributed by atoms with Crippen LogP contribution in [0.4, 0.5) is 11.4 Å². The first kappa shape index (κ1) is 13.8. The maximum absolute atomic E-state index is 10.5. The Balaban J connectivity index is 2.65. The quantitative estimate of drug-likeness (QED) is 0.325. The first-order valence-electron chi connectivity index (χ1n) is 5.74. The maximum Gasteiger partial charge on any atom is 0.269 e. The number of anilines is 1. The molecular formula is C12H17ClN2O2. The molecule has 1 rings (SSSR count). The molecule has 0 saturated carbocycles. The Bertz CT molecular complexity index is 354. The highest BCUT2D eigenvalue weighted by Gasteiger charge is 2.07. The van der Waals surface area contributed by atoms with Crippen molar-refractivity contribution in [3.8, 4) is 0 Å². The smallest absolute Gasteiger partial charge is 0.269 e. The number of nitrogens with zero attached hydrogens (tertiary/aromatic N) is 2. The van der Waals surface area contributed by atoms with Gasteiger partial charge in [0, 0.05) is 36.8 Å². The van der Waals surface area contributed by atoms with E-state index in [9.17, 15) is 10.1 Å². The zero-order valence-electron chi connectivity index (χ0n) is 9.93. The summed E-state index contributed by atoms with van der Waals surface area (Å²) in [5.74, 6) is 0.678. The van der Waals surface area contributed by atoms with Gasteiger partial charge < -0.3 is 4.90 Å². The normalized spacial score (nSPS) is 10.2. The highest BCUT2D eigenvalue weighted by Crippen LogP contribution is 2.19. The molecular weight excluding hydrogens is 240 g/mol. The molecule has 17 heavy (non-hydrogen) atoms. The third-order valence-electron chi connectivity index (χ3n) is 2.62. The second kappa shape index (κ2) is 7.12. The molecule has 0 aliphatic carbocycles. The molecule has 0 aliphatic rings. The van der Waals surface area contributed by atoms with Gasteiger partial charge in [-0.15, -0.1) is 11.6 Å². The summed E-state index contributed by atoms with van der Waals surface area (Å²) in [6, 6.07) is 6.67. The molecule has 1 aromatic carbocycles. The van der Waals surface area contributed by atoms with Crippen molar-refractivity contribution in [1.29, 1.82) is 0 Å². The van der Waals surface area contributed by atoms with Crippen molar-refractivity contribution in [2.75, 3.05) is 23.9 Å². The van der Waals surface area contributed by atoms with Crippen LogP contribution < -0.4 is 4.90 Å². The van der Waals surface area contributed by atoms with E-state index < -0.39 is 0 Å². The third-order valence-corrected chi connectivity index (χ3v) is 2.89. The van der Waals surface area contributed by atoms with E-state index in [0.717, 1.165) is 31.6 Å². The van der Waals surface area contributed by atoms with Crippen molar-refractivity contribution < 1.29 is 4.92 Å². The SMILES string of the molecule is CCN(CCCCCl)c1ccc([N+](=O)[O-])cc1. The van der Waals surface area contributed by atoms with Gasteiger partial charge in [-0.25, -0.2) is 0 Å². The molecule has 0 amide bonds. The molecule has 0 bridgehead atoms. The lowest BCUT2D eigenvalue weighted by Gasteiger charge is -2.22. The summed E-state index contributed by atoms with van der Waals surface area (Å²) >= 11 is 5.64. The van der Waals surface area contributed by atoms with Crippen LogP contribution in [0.15, 0.2) is 24.3 Å². The second-order valence-corrected chi connectivity index (χ2v) is 4.13. The number of alkyl halides is 1. The van der Waals surface area contributed by atoms with Crippen LogP contribution in [0.1, 0.15) is 19.8 Å². The number of hydrogen-bond donors (Lipinski definition) is 0. The molecule has 0 radical (unpaired) electrons. The maximum atomic E-state index is 10.5. The Morgan fingerprint density at radius 3 is 2.41 bits per heavy atom. The Morgan fingerprint density at radius 1 is 1.29 bits per heavy atom. The zero-order valence-corrected chi connectivity index (χ0v) is 10.7. The highest BCUT2D eigenvalue weighted by molar-refractivity contribution is 6.17. The summed E-state index contributed by atoms with van der Waals surface area (Å²) in [5.41, 5.74) is 1.15. The van der Waals surface area contributed by atoms with E-state index in [4.69, 9.17) is 11.6 Å². The predicted octanol–water partition coefficient (Wildman–Crippen LogP) is 3.44. The van der Waals surface area contributed by atoms with Crippen LogP contribution >= 0.6 is 11.6 Å². The van der Waals surface area contributed by atoms with Gasteiger partial charge in [-0.3, -0.25) is 10.1 Å².